The van der Waals surface area contributed by atoms with Gasteiger partial charge in [-0.1, -0.05) is 26.0 Å². The number of sulfonamides is 1. The molecule has 0 bridgehead atoms. The number of hydrogen-bond donors (Lipinski definition) is 1. The molecule has 0 heterocycles. The molecule has 0 radical (unpaired) electrons. The van der Waals surface area contributed by atoms with Crippen molar-refractivity contribution in [3.05, 3.63) is 29.8 Å². The lowest BCUT2D eigenvalue weighted by molar-refractivity contribution is 0.175. The number of ether oxygens (including phenoxy) is 1. The summed E-state index contributed by atoms with van der Waals surface area (Å²) >= 11 is 0. The molecule has 1 atom stereocenters. The van der Waals surface area contributed by atoms with Crippen molar-refractivity contribution in [2.45, 2.75) is 31.8 Å². The summed E-state index contributed by atoms with van der Waals surface area (Å²) in [6.45, 7) is 6.66. The smallest absolute Gasteiger partial charge is 0.243 e. The maximum absolute atomic E-state index is 12.7. The topological polar surface area (TPSA) is 66.8 Å². The summed E-state index contributed by atoms with van der Waals surface area (Å²) in [5.41, 5.74) is 0.590. The summed E-state index contributed by atoms with van der Waals surface area (Å²) in [5, 5.41) is 9.61. The molecule has 6 heteroatoms. The van der Waals surface area contributed by atoms with Gasteiger partial charge in [-0.05, 0) is 30.5 Å². The second kappa shape index (κ2) is 7.89. The highest BCUT2D eigenvalue weighted by atomic mass is 32.2. The van der Waals surface area contributed by atoms with Crippen molar-refractivity contribution >= 4 is 10.0 Å². The van der Waals surface area contributed by atoms with Gasteiger partial charge in [0.15, 0.2) is 0 Å². The van der Waals surface area contributed by atoms with Crippen molar-refractivity contribution in [1.82, 2.24) is 4.31 Å². The highest BCUT2D eigenvalue weighted by molar-refractivity contribution is 7.89. The summed E-state index contributed by atoms with van der Waals surface area (Å²) in [5.74, 6) is 0.219. The average molecular weight is 315 g/mol. The maximum Gasteiger partial charge on any atom is 0.243 e. The Morgan fingerprint density at radius 3 is 2.48 bits per heavy atom. The van der Waals surface area contributed by atoms with E-state index in [4.69, 9.17) is 4.74 Å². The van der Waals surface area contributed by atoms with Gasteiger partial charge in [0.1, 0.15) is 0 Å². The Morgan fingerprint density at radius 1 is 1.29 bits per heavy atom. The minimum absolute atomic E-state index is 0.206. The third-order valence-electron chi connectivity index (χ3n) is 3.09. The van der Waals surface area contributed by atoms with Crippen molar-refractivity contribution in [2.24, 2.45) is 5.92 Å². The normalized spacial score (nSPS) is 13.9. The molecule has 5 nitrogen and oxygen atoms in total. The zero-order valence-corrected chi connectivity index (χ0v) is 13.9. The second-order valence-electron chi connectivity index (χ2n) is 5.50. The number of aliphatic hydroxyl groups is 1. The molecule has 0 saturated carbocycles. The zero-order chi connectivity index (χ0) is 16.0. The number of benzene rings is 1. The van der Waals surface area contributed by atoms with Gasteiger partial charge < -0.3 is 9.84 Å². The Balaban J connectivity index is 3.12. The number of rotatable bonds is 8. The van der Waals surface area contributed by atoms with Crippen LogP contribution in [0.3, 0.4) is 0 Å². The first-order valence-electron chi connectivity index (χ1n) is 7.06. The highest BCUT2D eigenvalue weighted by Crippen LogP contribution is 2.21. The maximum atomic E-state index is 12.7. The third kappa shape index (κ3) is 5.07. The van der Waals surface area contributed by atoms with Gasteiger partial charge in [0.2, 0.25) is 10.0 Å². The summed E-state index contributed by atoms with van der Waals surface area (Å²) in [4.78, 5) is 0.206. The summed E-state index contributed by atoms with van der Waals surface area (Å²) < 4.78 is 31.9. The summed E-state index contributed by atoms with van der Waals surface area (Å²) in [6.07, 6.45) is -0.697. The van der Waals surface area contributed by atoms with Crippen LogP contribution < -0.4 is 0 Å². The fraction of sp³-hybridized carbons (Fsp3) is 0.600. The highest BCUT2D eigenvalue weighted by Gasteiger charge is 2.25. The van der Waals surface area contributed by atoms with Crippen molar-refractivity contribution < 1.29 is 18.3 Å². The minimum Gasteiger partial charge on any atom is -0.389 e. The fourth-order valence-corrected chi connectivity index (χ4v) is 3.64. The van der Waals surface area contributed by atoms with Crippen molar-refractivity contribution in [3.8, 4) is 0 Å². The first-order valence-corrected chi connectivity index (χ1v) is 8.50. The van der Waals surface area contributed by atoms with E-state index in [-0.39, 0.29) is 10.8 Å². The van der Waals surface area contributed by atoms with Gasteiger partial charge in [0.25, 0.3) is 0 Å². The van der Waals surface area contributed by atoms with E-state index in [2.05, 4.69) is 0 Å². The van der Waals surface area contributed by atoms with E-state index >= 15 is 0 Å². The standard InChI is InChI=1S/C15H25NO4S/c1-12(2)11-16(8-9-20-4)21(18,19)15-7-5-6-14(10-15)13(3)17/h5-7,10,12-13,17H,8-9,11H2,1-4H3. The number of aliphatic hydroxyl groups excluding tert-OH is 1. The van der Waals surface area contributed by atoms with E-state index in [1.165, 1.54) is 10.4 Å². The molecular weight excluding hydrogens is 290 g/mol. The van der Waals surface area contributed by atoms with Crippen LogP contribution in [-0.2, 0) is 14.8 Å². The number of hydrogen-bond acceptors (Lipinski definition) is 4. The van der Waals surface area contributed by atoms with Crippen molar-refractivity contribution in [3.63, 3.8) is 0 Å². The molecule has 0 amide bonds. The lowest BCUT2D eigenvalue weighted by Crippen LogP contribution is -2.36. The zero-order valence-electron chi connectivity index (χ0n) is 13.1. The van der Waals surface area contributed by atoms with Crippen LogP contribution in [0, 0.1) is 5.92 Å². The van der Waals surface area contributed by atoms with Crippen molar-refractivity contribution in [1.29, 1.82) is 0 Å². The molecule has 1 N–H and O–H groups in total. The molecule has 21 heavy (non-hydrogen) atoms. The van der Waals surface area contributed by atoms with Gasteiger partial charge in [-0.25, -0.2) is 8.42 Å². The fourth-order valence-electron chi connectivity index (χ4n) is 1.99. The van der Waals surface area contributed by atoms with E-state index < -0.39 is 16.1 Å². The lowest BCUT2D eigenvalue weighted by atomic mass is 10.1. The van der Waals surface area contributed by atoms with Crippen LogP contribution >= 0.6 is 0 Å². The van der Waals surface area contributed by atoms with Crippen LogP contribution in [0.5, 0.6) is 0 Å². The molecule has 0 fully saturated rings. The Kier molecular flexibility index (Phi) is 6.80. The molecule has 1 aromatic carbocycles. The molecular formula is C15H25NO4S. The first kappa shape index (κ1) is 18.1. The van der Waals surface area contributed by atoms with Gasteiger partial charge in [-0.3, -0.25) is 0 Å². The van der Waals surface area contributed by atoms with Crippen molar-refractivity contribution in [2.75, 3.05) is 26.8 Å². The SMILES string of the molecule is COCCN(CC(C)C)S(=O)(=O)c1cccc(C(C)O)c1. The number of methoxy groups -OCH3 is 1. The largest absolute Gasteiger partial charge is 0.389 e. The summed E-state index contributed by atoms with van der Waals surface area (Å²) in [7, 11) is -2.03. The van der Waals surface area contributed by atoms with E-state index in [9.17, 15) is 13.5 Å². The minimum atomic E-state index is -3.58. The predicted molar refractivity (Wildman–Crippen MR) is 82.5 cm³/mol. The van der Waals surface area contributed by atoms with Crippen LogP contribution in [0.2, 0.25) is 0 Å². The van der Waals surface area contributed by atoms with Crippen LogP contribution in [-0.4, -0.2) is 44.6 Å². The van der Waals surface area contributed by atoms with E-state index in [1.54, 1.807) is 32.2 Å². The van der Waals surface area contributed by atoms with Gasteiger partial charge in [0, 0.05) is 20.2 Å². The lowest BCUT2D eigenvalue weighted by Gasteiger charge is -2.24. The van der Waals surface area contributed by atoms with E-state index in [0.717, 1.165) is 0 Å². The van der Waals surface area contributed by atoms with Crippen LogP contribution in [0.25, 0.3) is 0 Å². The summed E-state index contributed by atoms with van der Waals surface area (Å²) in [6, 6.07) is 6.45. The molecule has 1 unspecified atom stereocenters. The van der Waals surface area contributed by atoms with E-state index in [1.807, 2.05) is 13.8 Å². The van der Waals surface area contributed by atoms with Gasteiger partial charge in [-0.2, -0.15) is 4.31 Å². The van der Waals surface area contributed by atoms with Crippen LogP contribution in [0.15, 0.2) is 29.2 Å². The third-order valence-corrected chi connectivity index (χ3v) is 4.95. The van der Waals surface area contributed by atoms with E-state index in [0.29, 0.717) is 25.3 Å². The Morgan fingerprint density at radius 2 is 1.95 bits per heavy atom. The second-order valence-corrected chi connectivity index (χ2v) is 7.44. The molecule has 0 aliphatic carbocycles. The first-order chi connectivity index (χ1) is 9.78. The quantitative estimate of drug-likeness (QED) is 0.797. The molecule has 0 aliphatic heterocycles. The molecule has 120 valence electrons. The Bertz CT molecular complexity index is 540. The molecule has 0 saturated heterocycles. The van der Waals surface area contributed by atoms with Gasteiger partial charge in [-0.15, -0.1) is 0 Å². The van der Waals surface area contributed by atoms with Gasteiger partial charge in [0.05, 0.1) is 17.6 Å². The Labute approximate surface area is 127 Å². The molecule has 1 rings (SSSR count). The molecule has 0 aromatic heterocycles. The Hall–Kier alpha value is -0.950. The van der Waals surface area contributed by atoms with Crippen LogP contribution in [0.1, 0.15) is 32.4 Å². The van der Waals surface area contributed by atoms with Gasteiger partial charge >= 0.3 is 0 Å². The average Bonchev–Trinajstić information content (AvgIpc) is 2.43. The molecule has 1 aromatic rings. The number of nitrogens with zero attached hydrogens (tertiary/aromatic N) is 1. The monoisotopic (exact) mass is 315 g/mol. The van der Waals surface area contributed by atoms with Crippen LogP contribution in [0.4, 0.5) is 0 Å². The molecule has 0 spiro atoms. The predicted octanol–water partition coefficient (Wildman–Crippen LogP) is 2.03. The molecule has 0 aliphatic rings.